The summed E-state index contributed by atoms with van der Waals surface area (Å²) in [6.07, 6.45) is 2.11. The van der Waals surface area contributed by atoms with Gasteiger partial charge in [0.25, 0.3) is 0 Å². The molecular formula is C16H27BrIN3O2S. The van der Waals surface area contributed by atoms with Crippen LogP contribution in [0.5, 0.6) is 11.5 Å². The summed E-state index contributed by atoms with van der Waals surface area (Å²) in [7, 11) is 5.03. The van der Waals surface area contributed by atoms with E-state index in [1.807, 2.05) is 23.9 Å². The van der Waals surface area contributed by atoms with Crippen LogP contribution in [0, 0.1) is 0 Å². The van der Waals surface area contributed by atoms with Gasteiger partial charge in [-0.15, -0.1) is 24.0 Å². The van der Waals surface area contributed by atoms with Crippen LogP contribution in [0.2, 0.25) is 0 Å². The number of guanidine groups is 1. The summed E-state index contributed by atoms with van der Waals surface area (Å²) in [6, 6.07) is 3.96. The molecule has 1 aromatic carbocycles. The summed E-state index contributed by atoms with van der Waals surface area (Å²) in [4.78, 5) is 4.26. The predicted molar refractivity (Wildman–Crippen MR) is 118 cm³/mol. The number of hydrogen-bond donors (Lipinski definition) is 2. The third-order valence-corrected chi connectivity index (χ3v) is 5.25. The maximum absolute atomic E-state index is 5.37. The molecule has 2 N–H and O–H groups in total. The largest absolute Gasteiger partial charge is 0.493 e. The Balaban J connectivity index is 0.00000529. The number of aliphatic imine (C=N–C) groups is 1. The Kier molecular flexibility index (Phi) is 11.1. The Morgan fingerprint density at radius 2 is 1.92 bits per heavy atom. The molecule has 0 aliphatic rings. The van der Waals surface area contributed by atoms with Gasteiger partial charge in [0.1, 0.15) is 0 Å². The average Bonchev–Trinajstić information content (AvgIpc) is 2.54. The minimum Gasteiger partial charge on any atom is -0.493 e. The van der Waals surface area contributed by atoms with E-state index in [1.54, 1.807) is 21.3 Å². The van der Waals surface area contributed by atoms with Crippen molar-refractivity contribution in [3.8, 4) is 11.5 Å². The van der Waals surface area contributed by atoms with Crippen LogP contribution in [-0.2, 0) is 6.54 Å². The topological polar surface area (TPSA) is 54.9 Å². The third-order valence-electron chi connectivity index (χ3n) is 3.41. The minimum absolute atomic E-state index is 0. The summed E-state index contributed by atoms with van der Waals surface area (Å²) in [5, 5.41) is 6.66. The second-order valence-electron chi connectivity index (χ2n) is 5.56. The van der Waals surface area contributed by atoms with Crippen molar-refractivity contribution in [1.29, 1.82) is 0 Å². The number of nitrogens with one attached hydrogen (secondary N) is 2. The number of ether oxygens (including phenoxy) is 2. The molecule has 0 atom stereocenters. The fraction of sp³-hybridized carbons (Fsp3) is 0.562. The lowest BCUT2D eigenvalue weighted by molar-refractivity contribution is 0.352. The monoisotopic (exact) mass is 531 g/mol. The Bertz CT molecular complexity index is 556. The van der Waals surface area contributed by atoms with Gasteiger partial charge in [-0.25, -0.2) is 0 Å². The molecule has 1 rings (SSSR count). The Labute approximate surface area is 174 Å². The standard InChI is InChI=1S/C16H26BrN3O2S.HI/c1-16(2,23-6)10-20-15(18-3)19-9-11-7-12(17)14(22-5)13(8-11)21-4;/h7-8H,9-10H2,1-6H3,(H2,18,19,20);1H. The lowest BCUT2D eigenvalue weighted by Gasteiger charge is -2.23. The van der Waals surface area contributed by atoms with Gasteiger partial charge in [-0.05, 0) is 53.7 Å². The second-order valence-corrected chi connectivity index (χ2v) is 7.92. The first-order valence-electron chi connectivity index (χ1n) is 7.27. The molecule has 0 bridgehead atoms. The molecule has 0 fully saturated rings. The van der Waals surface area contributed by atoms with Crippen molar-refractivity contribution in [3.63, 3.8) is 0 Å². The van der Waals surface area contributed by atoms with Gasteiger partial charge in [-0.1, -0.05) is 0 Å². The highest BCUT2D eigenvalue weighted by molar-refractivity contribution is 14.0. The number of hydrogen-bond acceptors (Lipinski definition) is 4. The van der Waals surface area contributed by atoms with E-state index in [4.69, 9.17) is 9.47 Å². The number of halogens is 2. The number of thioether (sulfide) groups is 1. The van der Waals surface area contributed by atoms with Crippen LogP contribution in [0.15, 0.2) is 21.6 Å². The first kappa shape index (κ1) is 23.6. The van der Waals surface area contributed by atoms with Gasteiger partial charge >= 0.3 is 0 Å². The first-order valence-corrected chi connectivity index (χ1v) is 9.28. The molecule has 0 amide bonds. The molecule has 24 heavy (non-hydrogen) atoms. The van der Waals surface area contributed by atoms with E-state index < -0.39 is 0 Å². The van der Waals surface area contributed by atoms with E-state index in [0.29, 0.717) is 18.0 Å². The highest BCUT2D eigenvalue weighted by Gasteiger charge is 2.16. The maximum atomic E-state index is 5.37. The quantitative estimate of drug-likeness (QED) is 0.317. The fourth-order valence-electron chi connectivity index (χ4n) is 1.85. The van der Waals surface area contributed by atoms with Crippen LogP contribution in [0.4, 0.5) is 0 Å². The zero-order valence-corrected chi connectivity index (χ0v) is 19.8. The molecule has 0 radical (unpaired) electrons. The van der Waals surface area contributed by atoms with Crippen LogP contribution < -0.4 is 20.1 Å². The smallest absolute Gasteiger partial charge is 0.191 e. The van der Waals surface area contributed by atoms with E-state index >= 15 is 0 Å². The molecule has 0 aromatic heterocycles. The highest BCUT2D eigenvalue weighted by atomic mass is 127. The Morgan fingerprint density at radius 1 is 1.25 bits per heavy atom. The number of rotatable bonds is 7. The summed E-state index contributed by atoms with van der Waals surface area (Å²) >= 11 is 5.33. The number of methoxy groups -OCH3 is 2. The minimum atomic E-state index is 0. The highest BCUT2D eigenvalue weighted by Crippen LogP contribution is 2.36. The van der Waals surface area contributed by atoms with Gasteiger partial charge in [0, 0.05) is 24.9 Å². The first-order chi connectivity index (χ1) is 10.9. The van der Waals surface area contributed by atoms with Crippen molar-refractivity contribution in [2.75, 3.05) is 34.1 Å². The number of benzene rings is 1. The van der Waals surface area contributed by atoms with E-state index in [-0.39, 0.29) is 28.7 Å². The molecular weight excluding hydrogens is 505 g/mol. The molecule has 0 heterocycles. The summed E-state index contributed by atoms with van der Waals surface area (Å²) in [5.41, 5.74) is 1.07. The fourth-order valence-corrected chi connectivity index (χ4v) is 2.72. The third kappa shape index (κ3) is 7.26. The van der Waals surface area contributed by atoms with Crippen LogP contribution in [0.25, 0.3) is 0 Å². The van der Waals surface area contributed by atoms with Crippen molar-refractivity contribution >= 4 is 57.6 Å². The zero-order valence-electron chi connectivity index (χ0n) is 15.0. The van der Waals surface area contributed by atoms with Gasteiger partial charge in [-0.3, -0.25) is 4.99 Å². The molecule has 5 nitrogen and oxygen atoms in total. The zero-order chi connectivity index (χ0) is 17.5. The average molecular weight is 532 g/mol. The van der Waals surface area contributed by atoms with E-state index in [0.717, 1.165) is 22.5 Å². The molecule has 138 valence electrons. The lowest BCUT2D eigenvalue weighted by Crippen LogP contribution is -2.42. The molecule has 0 aliphatic carbocycles. The molecule has 8 heteroatoms. The van der Waals surface area contributed by atoms with Crippen LogP contribution in [0.3, 0.4) is 0 Å². The summed E-state index contributed by atoms with van der Waals surface area (Å²) in [6.45, 7) is 5.87. The number of nitrogens with zero attached hydrogens (tertiary/aromatic N) is 1. The van der Waals surface area contributed by atoms with Gasteiger partial charge in [-0.2, -0.15) is 11.8 Å². The Morgan fingerprint density at radius 3 is 2.42 bits per heavy atom. The Hall–Kier alpha value is -0.350. The van der Waals surface area contributed by atoms with Gasteiger partial charge in [0.15, 0.2) is 17.5 Å². The van der Waals surface area contributed by atoms with Gasteiger partial charge in [0.05, 0.1) is 18.7 Å². The second kappa shape index (κ2) is 11.3. The molecule has 0 spiro atoms. The maximum Gasteiger partial charge on any atom is 0.191 e. The van der Waals surface area contributed by atoms with Crippen molar-refractivity contribution in [2.45, 2.75) is 25.1 Å². The van der Waals surface area contributed by atoms with E-state index in [9.17, 15) is 0 Å². The molecule has 0 unspecified atom stereocenters. The summed E-state index contributed by atoms with van der Waals surface area (Å²) in [5.74, 6) is 2.17. The van der Waals surface area contributed by atoms with Crippen molar-refractivity contribution in [1.82, 2.24) is 10.6 Å². The van der Waals surface area contributed by atoms with Gasteiger partial charge in [0.2, 0.25) is 0 Å². The normalized spacial score (nSPS) is 11.5. The van der Waals surface area contributed by atoms with Crippen LogP contribution in [0.1, 0.15) is 19.4 Å². The predicted octanol–water partition coefficient (Wildman–Crippen LogP) is 3.89. The molecule has 0 saturated heterocycles. The molecule has 0 aliphatic heterocycles. The molecule has 0 saturated carbocycles. The van der Waals surface area contributed by atoms with Crippen LogP contribution in [-0.4, -0.2) is 44.8 Å². The molecule has 1 aromatic rings. The van der Waals surface area contributed by atoms with Crippen molar-refractivity contribution in [3.05, 3.63) is 22.2 Å². The van der Waals surface area contributed by atoms with E-state index in [2.05, 4.69) is 51.7 Å². The van der Waals surface area contributed by atoms with Crippen molar-refractivity contribution in [2.24, 2.45) is 4.99 Å². The summed E-state index contributed by atoms with van der Waals surface area (Å²) < 4.78 is 11.7. The lowest BCUT2D eigenvalue weighted by atomic mass is 10.2. The van der Waals surface area contributed by atoms with Crippen molar-refractivity contribution < 1.29 is 9.47 Å². The van der Waals surface area contributed by atoms with Gasteiger partial charge < -0.3 is 20.1 Å². The van der Waals surface area contributed by atoms with E-state index in [1.165, 1.54) is 0 Å². The SMILES string of the molecule is CN=C(NCc1cc(Br)c(OC)c(OC)c1)NCC(C)(C)SC.I. The van der Waals surface area contributed by atoms with Crippen LogP contribution >= 0.6 is 51.7 Å².